The molecule has 1 aromatic rings. The number of aliphatic carboxylic acids is 1. The number of hydrogen-bond acceptors (Lipinski definition) is 1. The second-order valence-corrected chi connectivity index (χ2v) is 3.27. The van der Waals surface area contributed by atoms with Crippen LogP contribution in [0.3, 0.4) is 0 Å². The summed E-state index contributed by atoms with van der Waals surface area (Å²) in [5.41, 5.74) is 1.01. The highest BCUT2D eigenvalue weighted by Crippen LogP contribution is 2.18. The molecule has 74 valence electrons. The van der Waals surface area contributed by atoms with Crippen LogP contribution in [-0.2, 0) is 4.79 Å². The van der Waals surface area contributed by atoms with E-state index in [0.717, 1.165) is 0 Å². The first-order chi connectivity index (χ1) is 6.65. The van der Waals surface area contributed by atoms with Gasteiger partial charge >= 0.3 is 5.97 Å². The Morgan fingerprint density at radius 2 is 2.00 bits per heavy atom. The molecule has 0 radical (unpaired) electrons. The van der Waals surface area contributed by atoms with Crippen molar-refractivity contribution in [2.45, 2.75) is 13.3 Å². The zero-order valence-corrected chi connectivity index (χ0v) is 8.58. The highest BCUT2D eigenvalue weighted by Gasteiger charge is 2.08. The summed E-state index contributed by atoms with van der Waals surface area (Å²) in [5, 5.41) is 9.53. The van der Waals surface area contributed by atoms with E-state index in [-0.39, 0.29) is 0 Å². The van der Waals surface area contributed by atoms with Gasteiger partial charge in [-0.15, -0.1) is 0 Å². The number of hydrogen-bond donors (Lipinski definition) is 1. The maximum atomic E-state index is 10.9. The molecule has 0 aliphatic rings. The van der Waals surface area contributed by atoms with Crippen molar-refractivity contribution in [1.82, 2.24) is 0 Å². The van der Waals surface area contributed by atoms with Crippen molar-refractivity contribution in [3.05, 3.63) is 40.9 Å². The molecule has 14 heavy (non-hydrogen) atoms. The summed E-state index contributed by atoms with van der Waals surface area (Å²) in [5.74, 6) is -0.908. The van der Waals surface area contributed by atoms with Crippen LogP contribution in [-0.4, -0.2) is 11.1 Å². The predicted octanol–water partition coefficient (Wildman–Crippen LogP) is 3.22. The molecule has 0 heterocycles. The van der Waals surface area contributed by atoms with Crippen molar-refractivity contribution >= 4 is 23.1 Å². The van der Waals surface area contributed by atoms with Crippen LogP contribution in [0.5, 0.6) is 0 Å². The van der Waals surface area contributed by atoms with Crippen LogP contribution in [0.1, 0.15) is 18.9 Å². The van der Waals surface area contributed by atoms with Crippen molar-refractivity contribution in [2.75, 3.05) is 0 Å². The molecular formula is C11H11ClO2. The summed E-state index contributed by atoms with van der Waals surface area (Å²) in [6.07, 6.45) is 2.38. The number of carbonyl (C=O) groups is 1. The van der Waals surface area contributed by atoms with Gasteiger partial charge in [0.15, 0.2) is 0 Å². The minimum Gasteiger partial charge on any atom is -0.478 e. The summed E-state index contributed by atoms with van der Waals surface area (Å²) in [7, 11) is 0. The van der Waals surface area contributed by atoms with Gasteiger partial charge in [0.05, 0.1) is 5.57 Å². The lowest BCUT2D eigenvalue weighted by molar-refractivity contribution is -0.130. The Morgan fingerprint density at radius 1 is 1.43 bits per heavy atom. The van der Waals surface area contributed by atoms with Crippen LogP contribution in [0.15, 0.2) is 30.3 Å². The lowest BCUT2D eigenvalue weighted by atomic mass is 10.1. The van der Waals surface area contributed by atoms with Crippen LogP contribution in [0.2, 0.25) is 5.02 Å². The molecule has 0 fully saturated rings. The van der Waals surface area contributed by atoms with Crippen LogP contribution in [0.25, 0.3) is 5.57 Å². The van der Waals surface area contributed by atoms with E-state index in [1.165, 1.54) is 0 Å². The van der Waals surface area contributed by atoms with Gasteiger partial charge in [-0.1, -0.05) is 36.7 Å². The zero-order valence-electron chi connectivity index (χ0n) is 7.83. The molecule has 0 aromatic heterocycles. The predicted molar refractivity (Wildman–Crippen MR) is 57.4 cm³/mol. The minimum atomic E-state index is -0.908. The molecule has 1 rings (SSSR count). The minimum absolute atomic E-state index is 0.323. The number of allylic oxidation sites excluding steroid dienone is 1. The Bertz CT molecular complexity index is 352. The van der Waals surface area contributed by atoms with Gasteiger partial charge in [0.25, 0.3) is 0 Å². The SMILES string of the molecule is CCC=C(C(=O)O)c1ccc(Cl)cc1. The topological polar surface area (TPSA) is 37.3 Å². The quantitative estimate of drug-likeness (QED) is 0.778. The van der Waals surface area contributed by atoms with Crippen molar-refractivity contribution in [3.8, 4) is 0 Å². The maximum Gasteiger partial charge on any atom is 0.335 e. The average molecular weight is 211 g/mol. The fraction of sp³-hybridized carbons (Fsp3) is 0.182. The molecule has 1 N–H and O–H groups in total. The number of carboxylic acid groups (broad SMARTS) is 1. The van der Waals surface area contributed by atoms with Gasteiger partial charge in [0.1, 0.15) is 0 Å². The molecule has 0 atom stereocenters. The molecule has 0 aliphatic carbocycles. The maximum absolute atomic E-state index is 10.9. The first kappa shape index (κ1) is 10.8. The highest BCUT2D eigenvalue weighted by molar-refractivity contribution is 6.30. The van der Waals surface area contributed by atoms with E-state index < -0.39 is 5.97 Å². The molecule has 0 saturated heterocycles. The number of rotatable bonds is 3. The monoisotopic (exact) mass is 210 g/mol. The van der Waals surface area contributed by atoms with Crippen LogP contribution >= 0.6 is 11.6 Å². The number of carboxylic acids is 1. The van der Waals surface area contributed by atoms with E-state index in [2.05, 4.69) is 0 Å². The Kier molecular flexibility index (Phi) is 3.72. The molecule has 0 amide bonds. The third-order valence-corrected chi connectivity index (χ3v) is 2.05. The zero-order chi connectivity index (χ0) is 10.6. The van der Waals surface area contributed by atoms with Gasteiger partial charge < -0.3 is 5.11 Å². The molecular weight excluding hydrogens is 200 g/mol. The highest BCUT2D eigenvalue weighted by atomic mass is 35.5. The van der Waals surface area contributed by atoms with E-state index >= 15 is 0 Å². The van der Waals surface area contributed by atoms with E-state index in [1.54, 1.807) is 30.3 Å². The Morgan fingerprint density at radius 3 is 2.43 bits per heavy atom. The molecule has 3 heteroatoms. The largest absolute Gasteiger partial charge is 0.478 e. The first-order valence-electron chi connectivity index (χ1n) is 4.34. The van der Waals surface area contributed by atoms with Crippen molar-refractivity contribution < 1.29 is 9.90 Å². The Labute approximate surface area is 87.8 Å². The fourth-order valence-corrected chi connectivity index (χ4v) is 1.29. The first-order valence-corrected chi connectivity index (χ1v) is 4.72. The summed E-state index contributed by atoms with van der Waals surface area (Å²) >= 11 is 5.71. The van der Waals surface area contributed by atoms with Crippen molar-refractivity contribution in [1.29, 1.82) is 0 Å². The van der Waals surface area contributed by atoms with E-state index in [0.29, 0.717) is 22.6 Å². The summed E-state index contributed by atoms with van der Waals surface area (Å²) in [6.45, 7) is 1.90. The van der Waals surface area contributed by atoms with E-state index in [9.17, 15) is 4.79 Å². The molecule has 0 saturated carbocycles. The lowest BCUT2D eigenvalue weighted by Crippen LogP contribution is -1.99. The summed E-state index contributed by atoms with van der Waals surface area (Å²) < 4.78 is 0. The molecule has 0 unspecified atom stereocenters. The van der Waals surface area contributed by atoms with Crippen molar-refractivity contribution in [3.63, 3.8) is 0 Å². The number of benzene rings is 1. The average Bonchev–Trinajstić information content (AvgIpc) is 2.15. The summed E-state index contributed by atoms with van der Waals surface area (Å²) in [6, 6.07) is 6.78. The smallest absolute Gasteiger partial charge is 0.335 e. The Balaban J connectivity index is 3.06. The fourth-order valence-electron chi connectivity index (χ4n) is 1.16. The van der Waals surface area contributed by atoms with Gasteiger partial charge in [0.2, 0.25) is 0 Å². The standard InChI is InChI=1S/C11H11ClO2/c1-2-3-10(11(13)14)8-4-6-9(12)7-5-8/h3-7H,2H2,1H3,(H,13,14). The van der Waals surface area contributed by atoms with Crippen LogP contribution in [0, 0.1) is 0 Å². The summed E-state index contributed by atoms with van der Waals surface area (Å²) in [4.78, 5) is 10.9. The van der Waals surface area contributed by atoms with Gasteiger partial charge in [0, 0.05) is 5.02 Å². The Hall–Kier alpha value is -1.28. The van der Waals surface area contributed by atoms with E-state index in [1.807, 2.05) is 6.92 Å². The second-order valence-electron chi connectivity index (χ2n) is 2.84. The molecule has 0 spiro atoms. The van der Waals surface area contributed by atoms with Gasteiger partial charge in [-0.2, -0.15) is 0 Å². The van der Waals surface area contributed by atoms with Crippen LogP contribution < -0.4 is 0 Å². The number of halogens is 1. The van der Waals surface area contributed by atoms with Crippen LogP contribution in [0.4, 0.5) is 0 Å². The van der Waals surface area contributed by atoms with Gasteiger partial charge in [-0.25, -0.2) is 4.79 Å². The third-order valence-electron chi connectivity index (χ3n) is 1.79. The van der Waals surface area contributed by atoms with Gasteiger partial charge in [-0.05, 0) is 24.1 Å². The molecule has 1 aromatic carbocycles. The third kappa shape index (κ3) is 2.60. The lowest BCUT2D eigenvalue weighted by Gasteiger charge is -2.01. The molecule has 0 aliphatic heterocycles. The normalized spacial score (nSPS) is 11.4. The molecule has 2 nitrogen and oxygen atoms in total. The van der Waals surface area contributed by atoms with Gasteiger partial charge in [-0.3, -0.25) is 0 Å². The second kappa shape index (κ2) is 4.82. The molecule has 0 bridgehead atoms. The van der Waals surface area contributed by atoms with Crippen molar-refractivity contribution in [2.24, 2.45) is 0 Å². The van der Waals surface area contributed by atoms with E-state index in [4.69, 9.17) is 16.7 Å².